The number of aliphatic hydroxyl groups is 1. The Morgan fingerprint density at radius 1 is 1.22 bits per heavy atom. The molecule has 1 saturated carbocycles. The van der Waals surface area contributed by atoms with Crippen molar-refractivity contribution in [1.82, 2.24) is 0 Å². The molecule has 0 amide bonds. The summed E-state index contributed by atoms with van der Waals surface area (Å²) in [7, 11) is 0. The first-order valence-corrected chi connectivity index (χ1v) is 9.49. The Kier molecular flexibility index (Phi) is 5.45. The molecule has 1 N–H and O–H groups in total. The molecule has 0 bridgehead atoms. The van der Waals surface area contributed by atoms with Crippen molar-refractivity contribution in [3.63, 3.8) is 0 Å². The molecule has 0 aromatic rings. The van der Waals surface area contributed by atoms with Crippen molar-refractivity contribution in [1.29, 1.82) is 0 Å². The molecule has 0 spiro atoms. The molecule has 2 rings (SSSR count). The molecule has 2 aliphatic carbocycles. The number of allylic oxidation sites excluding steroid dienone is 1. The van der Waals surface area contributed by atoms with Gasteiger partial charge in [0, 0.05) is 6.42 Å². The van der Waals surface area contributed by atoms with E-state index in [2.05, 4.69) is 27.7 Å². The molecular formula is C21H36O2. The molecule has 0 aliphatic heterocycles. The summed E-state index contributed by atoms with van der Waals surface area (Å²) in [6.45, 7) is 13.0. The SMILES string of the molecule is C/C1=C\[C@@](C)(O)C[C@H](C)CC[C@@H]2[C@H](C(C)C)CC[C@@]2(C)CC1=O. The van der Waals surface area contributed by atoms with Crippen LogP contribution in [0.5, 0.6) is 0 Å². The van der Waals surface area contributed by atoms with Crippen LogP contribution < -0.4 is 0 Å². The van der Waals surface area contributed by atoms with Gasteiger partial charge in [-0.05, 0) is 80.3 Å². The van der Waals surface area contributed by atoms with E-state index in [4.69, 9.17) is 0 Å². The van der Waals surface area contributed by atoms with Gasteiger partial charge in [0.15, 0.2) is 5.78 Å². The van der Waals surface area contributed by atoms with E-state index in [1.54, 1.807) is 0 Å². The zero-order valence-electron chi connectivity index (χ0n) is 16.0. The van der Waals surface area contributed by atoms with Crippen LogP contribution in [0.4, 0.5) is 0 Å². The van der Waals surface area contributed by atoms with Crippen LogP contribution in [0.2, 0.25) is 0 Å². The molecule has 23 heavy (non-hydrogen) atoms. The lowest BCUT2D eigenvalue weighted by Crippen LogP contribution is -2.30. The molecule has 1 fully saturated rings. The second-order valence-corrected chi connectivity index (χ2v) is 9.38. The molecule has 0 heterocycles. The largest absolute Gasteiger partial charge is 0.386 e. The minimum atomic E-state index is -0.864. The van der Waals surface area contributed by atoms with Crippen molar-refractivity contribution in [3.8, 4) is 0 Å². The van der Waals surface area contributed by atoms with Crippen LogP contribution in [0.15, 0.2) is 11.6 Å². The van der Waals surface area contributed by atoms with E-state index in [1.165, 1.54) is 19.3 Å². The van der Waals surface area contributed by atoms with E-state index < -0.39 is 5.60 Å². The number of rotatable bonds is 1. The number of carbonyl (C=O) groups is 1. The molecule has 0 aromatic heterocycles. The fraction of sp³-hybridized carbons (Fsp3) is 0.857. The van der Waals surface area contributed by atoms with Crippen molar-refractivity contribution in [2.45, 2.75) is 85.7 Å². The van der Waals surface area contributed by atoms with E-state index in [0.29, 0.717) is 24.2 Å². The van der Waals surface area contributed by atoms with E-state index in [-0.39, 0.29) is 11.2 Å². The highest BCUT2D eigenvalue weighted by atomic mass is 16.3. The third-order valence-corrected chi connectivity index (χ3v) is 6.58. The maximum Gasteiger partial charge on any atom is 0.158 e. The maximum atomic E-state index is 12.8. The lowest BCUT2D eigenvalue weighted by Gasteiger charge is -2.36. The Hall–Kier alpha value is -0.630. The number of hydrogen-bond acceptors (Lipinski definition) is 2. The summed E-state index contributed by atoms with van der Waals surface area (Å²) in [6.07, 6.45) is 7.99. The Labute approximate surface area is 142 Å². The van der Waals surface area contributed by atoms with Crippen molar-refractivity contribution in [2.24, 2.45) is 29.1 Å². The Morgan fingerprint density at radius 3 is 2.48 bits per heavy atom. The van der Waals surface area contributed by atoms with Gasteiger partial charge in [0.1, 0.15) is 0 Å². The maximum absolute atomic E-state index is 12.8. The highest BCUT2D eigenvalue weighted by Crippen LogP contribution is 2.54. The van der Waals surface area contributed by atoms with Crippen molar-refractivity contribution in [2.75, 3.05) is 0 Å². The van der Waals surface area contributed by atoms with E-state index in [0.717, 1.165) is 24.3 Å². The van der Waals surface area contributed by atoms with Gasteiger partial charge in [0.25, 0.3) is 0 Å². The molecule has 0 saturated heterocycles. The minimum absolute atomic E-state index is 0.136. The van der Waals surface area contributed by atoms with Crippen LogP contribution in [-0.2, 0) is 4.79 Å². The molecule has 0 unspecified atom stereocenters. The standard InChI is InChI=1S/C21H36O2/c1-14(2)17-9-10-20(5)13-19(22)16(4)12-21(6,23)11-15(3)7-8-18(17)20/h12,14-15,17-18,23H,7-11,13H2,1-6H3/b16-12+/t15-,17+,18-,20+,21+/m1/s1. The molecular weight excluding hydrogens is 284 g/mol. The lowest BCUT2D eigenvalue weighted by atomic mass is 9.68. The number of hydrogen-bond donors (Lipinski definition) is 1. The topological polar surface area (TPSA) is 37.3 Å². The Balaban J connectivity index is 2.33. The zero-order valence-corrected chi connectivity index (χ0v) is 16.0. The fourth-order valence-electron chi connectivity index (χ4n) is 5.36. The lowest BCUT2D eigenvalue weighted by molar-refractivity contribution is -0.118. The fourth-order valence-corrected chi connectivity index (χ4v) is 5.36. The van der Waals surface area contributed by atoms with Crippen LogP contribution in [0.3, 0.4) is 0 Å². The van der Waals surface area contributed by atoms with Gasteiger partial charge in [-0.1, -0.05) is 34.1 Å². The second-order valence-electron chi connectivity index (χ2n) is 9.38. The summed E-state index contributed by atoms with van der Waals surface area (Å²) in [5, 5.41) is 10.6. The predicted molar refractivity (Wildman–Crippen MR) is 96.2 cm³/mol. The smallest absolute Gasteiger partial charge is 0.158 e. The summed E-state index contributed by atoms with van der Waals surface area (Å²) in [6, 6.07) is 0. The average Bonchev–Trinajstić information content (AvgIpc) is 2.71. The summed E-state index contributed by atoms with van der Waals surface area (Å²) >= 11 is 0. The molecule has 2 heteroatoms. The van der Waals surface area contributed by atoms with Crippen LogP contribution in [0.1, 0.15) is 80.1 Å². The number of fused-ring (bicyclic) bond motifs is 1. The normalized spacial score (nSPS) is 45.3. The summed E-state index contributed by atoms with van der Waals surface area (Å²) in [5.41, 5.74) is 0.0191. The number of Topliss-reactive ketones (excluding diaryl/α,β-unsaturated/α-hetero) is 1. The number of carbonyl (C=O) groups excluding carboxylic acids is 1. The van der Waals surface area contributed by atoms with Crippen LogP contribution in [-0.4, -0.2) is 16.5 Å². The van der Waals surface area contributed by atoms with Crippen LogP contribution >= 0.6 is 0 Å². The highest BCUT2D eigenvalue weighted by molar-refractivity contribution is 5.95. The third kappa shape index (κ3) is 4.26. The van der Waals surface area contributed by atoms with Gasteiger partial charge in [-0.3, -0.25) is 4.79 Å². The molecule has 2 nitrogen and oxygen atoms in total. The van der Waals surface area contributed by atoms with E-state index in [1.807, 2.05) is 19.9 Å². The predicted octanol–water partition coefficient (Wildman–Crippen LogP) is 5.15. The summed E-state index contributed by atoms with van der Waals surface area (Å²) < 4.78 is 0. The molecule has 132 valence electrons. The Bertz CT molecular complexity index is 474. The van der Waals surface area contributed by atoms with Crippen molar-refractivity contribution >= 4 is 5.78 Å². The van der Waals surface area contributed by atoms with Crippen LogP contribution in [0, 0.1) is 29.1 Å². The third-order valence-electron chi connectivity index (χ3n) is 6.58. The van der Waals surface area contributed by atoms with Gasteiger partial charge in [0.05, 0.1) is 5.60 Å². The summed E-state index contributed by atoms with van der Waals surface area (Å²) in [4.78, 5) is 12.8. The molecule has 5 atom stereocenters. The van der Waals surface area contributed by atoms with Gasteiger partial charge in [-0.2, -0.15) is 0 Å². The van der Waals surface area contributed by atoms with Gasteiger partial charge in [-0.15, -0.1) is 0 Å². The van der Waals surface area contributed by atoms with Crippen molar-refractivity contribution in [3.05, 3.63) is 11.6 Å². The monoisotopic (exact) mass is 320 g/mol. The number of ketones is 1. The van der Waals surface area contributed by atoms with E-state index in [9.17, 15) is 9.90 Å². The van der Waals surface area contributed by atoms with Gasteiger partial charge >= 0.3 is 0 Å². The molecule has 2 aliphatic rings. The highest BCUT2D eigenvalue weighted by Gasteiger charge is 2.47. The van der Waals surface area contributed by atoms with Gasteiger partial charge < -0.3 is 5.11 Å². The first-order chi connectivity index (χ1) is 10.5. The van der Waals surface area contributed by atoms with Crippen molar-refractivity contribution < 1.29 is 9.90 Å². The average molecular weight is 321 g/mol. The Morgan fingerprint density at radius 2 is 1.87 bits per heavy atom. The second kappa shape index (κ2) is 6.70. The van der Waals surface area contributed by atoms with Gasteiger partial charge in [-0.25, -0.2) is 0 Å². The zero-order chi connectivity index (χ0) is 17.4. The van der Waals surface area contributed by atoms with Crippen LogP contribution in [0.25, 0.3) is 0 Å². The molecule has 0 radical (unpaired) electrons. The first kappa shape index (κ1) is 18.7. The van der Waals surface area contributed by atoms with Gasteiger partial charge in [0.2, 0.25) is 0 Å². The minimum Gasteiger partial charge on any atom is -0.386 e. The summed E-state index contributed by atoms with van der Waals surface area (Å²) in [5.74, 6) is 2.80. The quantitative estimate of drug-likeness (QED) is 0.725. The first-order valence-electron chi connectivity index (χ1n) is 9.49. The van der Waals surface area contributed by atoms with E-state index >= 15 is 0 Å². The molecule has 0 aromatic carbocycles.